The minimum atomic E-state index is 0.527. The van der Waals surface area contributed by atoms with Gasteiger partial charge in [-0.25, -0.2) is 4.98 Å². The number of rotatable bonds is 4. The Balaban J connectivity index is 2.11. The number of nitrogens with zero attached hydrogens (tertiary/aromatic N) is 1. The van der Waals surface area contributed by atoms with Crippen molar-refractivity contribution >= 4 is 33.3 Å². The third-order valence-corrected chi connectivity index (χ3v) is 3.31. The summed E-state index contributed by atoms with van der Waals surface area (Å²) in [5.74, 6) is 0.673. The molecule has 0 radical (unpaired) electrons. The molecule has 1 aromatic heterocycles. The monoisotopic (exact) mass is 325 g/mol. The Morgan fingerprint density at radius 3 is 2.67 bits per heavy atom. The minimum absolute atomic E-state index is 0.527. The number of nitrogens with one attached hydrogen (secondary N) is 1. The Labute approximate surface area is 119 Å². The Bertz CT molecular complexity index is 546. The smallest absolute Gasteiger partial charge is 0.145 e. The Morgan fingerprint density at radius 2 is 2.00 bits per heavy atom. The standard InChI is InChI=1S/C13H13BrClN3/c14-11-5-12(15)13(18-8-11)17-7-10-4-2-1-3-9(10)6-16/h1-5,8H,6-7,16H2,(H,17,18). The highest BCUT2D eigenvalue weighted by atomic mass is 79.9. The van der Waals surface area contributed by atoms with E-state index in [1.165, 1.54) is 0 Å². The Kier molecular flexibility index (Phi) is 4.58. The lowest BCUT2D eigenvalue weighted by Crippen LogP contribution is -2.07. The molecule has 0 bridgehead atoms. The zero-order chi connectivity index (χ0) is 13.0. The number of anilines is 1. The number of nitrogens with two attached hydrogens (primary N) is 1. The first kappa shape index (κ1) is 13.3. The summed E-state index contributed by atoms with van der Waals surface area (Å²) in [5, 5.41) is 3.80. The number of halogens is 2. The van der Waals surface area contributed by atoms with Gasteiger partial charge in [0.05, 0.1) is 5.02 Å². The van der Waals surface area contributed by atoms with Crippen molar-refractivity contribution in [2.75, 3.05) is 5.32 Å². The molecule has 5 heteroatoms. The molecule has 0 aliphatic heterocycles. The predicted molar refractivity (Wildman–Crippen MR) is 78.6 cm³/mol. The average molecular weight is 327 g/mol. The van der Waals surface area contributed by atoms with Crippen LogP contribution in [0.15, 0.2) is 41.0 Å². The molecule has 0 fully saturated rings. The first-order valence-corrected chi connectivity index (χ1v) is 6.69. The van der Waals surface area contributed by atoms with Gasteiger partial charge < -0.3 is 11.1 Å². The predicted octanol–water partition coefficient (Wildman–Crippen LogP) is 3.57. The molecule has 0 atom stereocenters. The van der Waals surface area contributed by atoms with Gasteiger partial charge in [0.2, 0.25) is 0 Å². The SMILES string of the molecule is NCc1ccccc1CNc1ncc(Br)cc1Cl. The number of pyridine rings is 1. The molecule has 2 aromatic rings. The first-order chi connectivity index (χ1) is 8.70. The zero-order valence-corrected chi connectivity index (χ0v) is 12.0. The molecule has 0 unspecified atom stereocenters. The number of hydrogen-bond donors (Lipinski definition) is 2. The fraction of sp³-hybridized carbons (Fsp3) is 0.154. The van der Waals surface area contributed by atoms with E-state index in [9.17, 15) is 0 Å². The fourth-order valence-corrected chi connectivity index (χ4v) is 2.35. The van der Waals surface area contributed by atoms with E-state index in [0.717, 1.165) is 15.6 Å². The van der Waals surface area contributed by atoms with Crippen molar-refractivity contribution in [2.45, 2.75) is 13.1 Å². The van der Waals surface area contributed by atoms with E-state index in [4.69, 9.17) is 17.3 Å². The molecule has 0 aliphatic rings. The fourth-order valence-electron chi connectivity index (χ4n) is 1.65. The maximum absolute atomic E-state index is 6.09. The highest BCUT2D eigenvalue weighted by molar-refractivity contribution is 9.10. The van der Waals surface area contributed by atoms with E-state index < -0.39 is 0 Å². The van der Waals surface area contributed by atoms with Crippen LogP contribution in [-0.2, 0) is 13.1 Å². The quantitative estimate of drug-likeness (QED) is 0.903. The van der Waals surface area contributed by atoms with Crippen molar-refractivity contribution < 1.29 is 0 Å². The normalized spacial score (nSPS) is 10.4. The summed E-state index contributed by atoms with van der Waals surface area (Å²) in [4.78, 5) is 4.23. The molecule has 0 aliphatic carbocycles. The molecule has 1 heterocycles. The number of hydrogen-bond acceptors (Lipinski definition) is 3. The van der Waals surface area contributed by atoms with Gasteiger partial charge in [0.25, 0.3) is 0 Å². The lowest BCUT2D eigenvalue weighted by Gasteiger charge is -2.10. The second kappa shape index (κ2) is 6.18. The van der Waals surface area contributed by atoms with Crippen LogP contribution in [-0.4, -0.2) is 4.98 Å². The molecule has 2 rings (SSSR count). The Hall–Kier alpha value is -1.10. The summed E-state index contributed by atoms with van der Waals surface area (Å²) in [6, 6.07) is 9.85. The van der Waals surface area contributed by atoms with Gasteiger partial charge in [-0.1, -0.05) is 35.9 Å². The van der Waals surface area contributed by atoms with Crippen LogP contribution in [0.4, 0.5) is 5.82 Å². The molecule has 0 saturated carbocycles. The summed E-state index contributed by atoms with van der Waals surface area (Å²) in [5.41, 5.74) is 7.97. The zero-order valence-electron chi connectivity index (χ0n) is 9.66. The van der Waals surface area contributed by atoms with Gasteiger partial charge in [-0.2, -0.15) is 0 Å². The van der Waals surface area contributed by atoms with Crippen LogP contribution >= 0.6 is 27.5 Å². The van der Waals surface area contributed by atoms with Crippen LogP contribution < -0.4 is 11.1 Å². The summed E-state index contributed by atoms with van der Waals surface area (Å²) < 4.78 is 0.861. The van der Waals surface area contributed by atoms with Crippen molar-refractivity contribution in [3.8, 4) is 0 Å². The van der Waals surface area contributed by atoms with E-state index in [-0.39, 0.29) is 0 Å². The second-order valence-corrected chi connectivity index (χ2v) is 5.13. The molecular weight excluding hydrogens is 314 g/mol. The van der Waals surface area contributed by atoms with Gasteiger partial charge in [0, 0.05) is 23.8 Å². The maximum Gasteiger partial charge on any atom is 0.145 e. The van der Waals surface area contributed by atoms with E-state index in [0.29, 0.717) is 23.9 Å². The lowest BCUT2D eigenvalue weighted by atomic mass is 10.1. The van der Waals surface area contributed by atoms with Gasteiger partial charge in [-0.05, 0) is 33.1 Å². The van der Waals surface area contributed by atoms with Gasteiger partial charge in [0.1, 0.15) is 5.82 Å². The minimum Gasteiger partial charge on any atom is -0.365 e. The summed E-state index contributed by atoms with van der Waals surface area (Å²) in [6.07, 6.45) is 1.71. The van der Waals surface area contributed by atoms with Crippen LogP contribution in [0.2, 0.25) is 5.02 Å². The van der Waals surface area contributed by atoms with Crippen molar-refractivity contribution in [3.05, 3.63) is 57.2 Å². The molecule has 3 N–H and O–H groups in total. The van der Waals surface area contributed by atoms with E-state index in [1.807, 2.05) is 30.3 Å². The molecule has 0 saturated heterocycles. The van der Waals surface area contributed by atoms with Crippen molar-refractivity contribution in [1.29, 1.82) is 0 Å². The van der Waals surface area contributed by atoms with Crippen molar-refractivity contribution in [2.24, 2.45) is 5.73 Å². The average Bonchev–Trinajstić information content (AvgIpc) is 2.38. The molecule has 0 amide bonds. The van der Waals surface area contributed by atoms with Crippen LogP contribution in [0, 0.1) is 0 Å². The molecule has 94 valence electrons. The van der Waals surface area contributed by atoms with E-state index in [1.54, 1.807) is 6.20 Å². The molecule has 18 heavy (non-hydrogen) atoms. The summed E-state index contributed by atoms with van der Waals surface area (Å²) in [6.45, 7) is 1.18. The summed E-state index contributed by atoms with van der Waals surface area (Å²) >= 11 is 9.41. The second-order valence-electron chi connectivity index (χ2n) is 3.81. The van der Waals surface area contributed by atoms with Crippen LogP contribution in [0.1, 0.15) is 11.1 Å². The largest absolute Gasteiger partial charge is 0.365 e. The van der Waals surface area contributed by atoms with Crippen molar-refractivity contribution in [1.82, 2.24) is 4.98 Å². The van der Waals surface area contributed by atoms with Crippen molar-refractivity contribution in [3.63, 3.8) is 0 Å². The Morgan fingerprint density at radius 1 is 1.28 bits per heavy atom. The third-order valence-electron chi connectivity index (χ3n) is 2.59. The first-order valence-electron chi connectivity index (χ1n) is 5.52. The maximum atomic E-state index is 6.09. The van der Waals surface area contributed by atoms with E-state index >= 15 is 0 Å². The number of aromatic nitrogens is 1. The van der Waals surface area contributed by atoms with Crippen LogP contribution in [0.5, 0.6) is 0 Å². The topological polar surface area (TPSA) is 50.9 Å². The third kappa shape index (κ3) is 3.22. The van der Waals surface area contributed by atoms with Gasteiger partial charge in [-0.3, -0.25) is 0 Å². The molecule has 1 aromatic carbocycles. The molecule has 0 spiro atoms. The molecule has 3 nitrogen and oxygen atoms in total. The van der Waals surface area contributed by atoms with Gasteiger partial charge in [0.15, 0.2) is 0 Å². The summed E-state index contributed by atoms with van der Waals surface area (Å²) in [7, 11) is 0. The highest BCUT2D eigenvalue weighted by Crippen LogP contribution is 2.23. The van der Waals surface area contributed by atoms with Gasteiger partial charge >= 0.3 is 0 Å². The molecular formula is C13H13BrClN3. The van der Waals surface area contributed by atoms with Crippen LogP contribution in [0.25, 0.3) is 0 Å². The number of benzene rings is 1. The van der Waals surface area contributed by atoms with Gasteiger partial charge in [-0.15, -0.1) is 0 Å². The highest BCUT2D eigenvalue weighted by Gasteiger charge is 2.04. The lowest BCUT2D eigenvalue weighted by molar-refractivity contribution is 1.00. The van der Waals surface area contributed by atoms with Crippen LogP contribution in [0.3, 0.4) is 0 Å². The van der Waals surface area contributed by atoms with E-state index in [2.05, 4.69) is 26.2 Å².